The first-order valence-electron chi connectivity index (χ1n) is 8.41. The van der Waals surface area contributed by atoms with E-state index in [1.54, 1.807) is 17.4 Å². The molecule has 3 heterocycles. The first kappa shape index (κ1) is 17.4. The lowest BCUT2D eigenvalue weighted by Gasteiger charge is -2.35. The Labute approximate surface area is 160 Å². The van der Waals surface area contributed by atoms with Gasteiger partial charge in [-0.05, 0) is 18.2 Å². The molecule has 1 aromatic carbocycles. The molecular formula is C18H16ClFN6O. The van der Waals surface area contributed by atoms with E-state index in [2.05, 4.69) is 19.9 Å². The van der Waals surface area contributed by atoms with Crippen LogP contribution in [-0.2, 0) is 0 Å². The van der Waals surface area contributed by atoms with Crippen molar-refractivity contribution in [1.82, 2.24) is 24.4 Å². The normalized spacial score (nSPS) is 14.4. The number of anilines is 1. The number of carbonyl (C=O) groups excluding carboxylic acids is 1. The van der Waals surface area contributed by atoms with Crippen molar-refractivity contribution in [2.75, 3.05) is 31.1 Å². The van der Waals surface area contributed by atoms with E-state index in [1.807, 2.05) is 16.8 Å². The van der Waals surface area contributed by atoms with Gasteiger partial charge in [0.25, 0.3) is 5.91 Å². The highest BCUT2D eigenvalue weighted by molar-refractivity contribution is 6.33. The van der Waals surface area contributed by atoms with Crippen LogP contribution in [0.2, 0.25) is 5.02 Å². The molecule has 0 N–H and O–H groups in total. The van der Waals surface area contributed by atoms with Gasteiger partial charge in [0, 0.05) is 44.6 Å². The molecule has 0 aliphatic carbocycles. The van der Waals surface area contributed by atoms with Crippen molar-refractivity contribution < 1.29 is 9.18 Å². The summed E-state index contributed by atoms with van der Waals surface area (Å²) in [4.78, 5) is 29.1. The van der Waals surface area contributed by atoms with E-state index in [0.717, 1.165) is 17.7 Å². The molecule has 9 heteroatoms. The van der Waals surface area contributed by atoms with E-state index in [0.29, 0.717) is 31.7 Å². The van der Waals surface area contributed by atoms with Gasteiger partial charge in [0.05, 0.1) is 10.6 Å². The highest BCUT2D eigenvalue weighted by Gasteiger charge is 2.24. The predicted octanol–water partition coefficient (Wildman–Crippen LogP) is 2.42. The lowest BCUT2D eigenvalue weighted by molar-refractivity contribution is 0.0746. The first-order valence-corrected chi connectivity index (χ1v) is 8.79. The standard InChI is InChI=1S/C18H16ClFN6O/c19-15-9-13(20)1-2-14(15)18(27)25-7-5-24(6-8-25)16-10-17(23-11-22-16)26-4-3-21-12-26/h1-4,9-12H,5-8H2. The Morgan fingerprint density at radius 3 is 2.56 bits per heavy atom. The fourth-order valence-electron chi connectivity index (χ4n) is 3.02. The van der Waals surface area contributed by atoms with Gasteiger partial charge in [0.15, 0.2) is 0 Å². The van der Waals surface area contributed by atoms with Crippen LogP contribution in [0.1, 0.15) is 10.4 Å². The SMILES string of the molecule is O=C(c1ccc(F)cc1Cl)N1CCN(c2cc(-n3ccnc3)ncn2)CC1. The van der Waals surface area contributed by atoms with Gasteiger partial charge >= 0.3 is 0 Å². The molecule has 0 saturated carbocycles. The van der Waals surface area contributed by atoms with Gasteiger partial charge in [-0.15, -0.1) is 0 Å². The summed E-state index contributed by atoms with van der Waals surface area (Å²) in [6.07, 6.45) is 6.69. The minimum atomic E-state index is -0.459. The number of halogens is 2. The number of nitrogens with zero attached hydrogens (tertiary/aromatic N) is 6. The van der Waals surface area contributed by atoms with Crippen LogP contribution in [0, 0.1) is 5.82 Å². The van der Waals surface area contributed by atoms with Gasteiger partial charge in [0.2, 0.25) is 0 Å². The number of hydrogen-bond acceptors (Lipinski definition) is 5. The monoisotopic (exact) mass is 386 g/mol. The second-order valence-corrected chi connectivity index (χ2v) is 6.51. The van der Waals surface area contributed by atoms with Gasteiger partial charge < -0.3 is 9.80 Å². The summed E-state index contributed by atoms with van der Waals surface area (Å²) in [7, 11) is 0. The number of rotatable bonds is 3. The van der Waals surface area contributed by atoms with Crippen molar-refractivity contribution in [2.45, 2.75) is 0 Å². The molecule has 2 aromatic heterocycles. The molecule has 1 aliphatic heterocycles. The molecule has 4 rings (SSSR count). The quantitative estimate of drug-likeness (QED) is 0.691. The summed E-state index contributed by atoms with van der Waals surface area (Å²) in [5.41, 5.74) is 0.316. The highest BCUT2D eigenvalue weighted by Crippen LogP contribution is 2.21. The third-order valence-electron chi connectivity index (χ3n) is 4.46. The number of carbonyl (C=O) groups is 1. The fourth-order valence-corrected chi connectivity index (χ4v) is 3.27. The van der Waals surface area contributed by atoms with Crippen LogP contribution in [0.3, 0.4) is 0 Å². The third-order valence-corrected chi connectivity index (χ3v) is 4.77. The van der Waals surface area contributed by atoms with Crippen molar-refractivity contribution in [3.8, 4) is 5.82 Å². The molecule has 7 nitrogen and oxygen atoms in total. The first-order chi connectivity index (χ1) is 13.1. The molecular weight excluding hydrogens is 371 g/mol. The summed E-state index contributed by atoms with van der Waals surface area (Å²) in [6, 6.07) is 5.71. The van der Waals surface area contributed by atoms with Crippen molar-refractivity contribution >= 4 is 23.3 Å². The Kier molecular flexibility index (Phi) is 4.72. The van der Waals surface area contributed by atoms with Crippen molar-refractivity contribution in [1.29, 1.82) is 0 Å². The second kappa shape index (κ2) is 7.32. The summed E-state index contributed by atoms with van der Waals surface area (Å²) in [5, 5.41) is 0.128. The van der Waals surface area contributed by atoms with E-state index in [4.69, 9.17) is 11.6 Å². The fraction of sp³-hybridized carbons (Fsp3) is 0.222. The van der Waals surface area contributed by atoms with Crippen molar-refractivity contribution in [3.05, 3.63) is 65.7 Å². The van der Waals surface area contributed by atoms with Gasteiger partial charge in [-0.3, -0.25) is 9.36 Å². The Morgan fingerprint density at radius 2 is 1.85 bits per heavy atom. The van der Waals surface area contributed by atoms with Crippen LogP contribution in [-0.4, -0.2) is 56.5 Å². The molecule has 0 spiro atoms. The van der Waals surface area contributed by atoms with E-state index in [1.165, 1.54) is 18.5 Å². The number of aromatic nitrogens is 4. The number of amides is 1. The number of benzene rings is 1. The zero-order valence-corrected chi connectivity index (χ0v) is 15.1. The van der Waals surface area contributed by atoms with Crippen LogP contribution < -0.4 is 4.90 Å². The average molecular weight is 387 g/mol. The van der Waals surface area contributed by atoms with Crippen LogP contribution in [0.5, 0.6) is 0 Å². The maximum atomic E-state index is 13.2. The maximum Gasteiger partial charge on any atom is 0.255 e. The Morgan fingerprint density at radius 1 is 1.07 bits per heavy atom. The molecule has 0 radical (unpaired) electrons. The van der Waals surface area contributed by atoms with Gasteiger partial charge in [-0.2, -0.15) is 0 Å². The van der Waals surface area contributed by atoms with Gasteiger partial charge in [0.1, 0.15) is 30.1 Å². The third kappa shape index (κ3) is 3.61. The number of piperazine rings is 1. The summed E-state index contributed by atoms with van der Waals surface area (Å²) >= 11 is 6.01. The Balaban J connectivity index is 1.45. The Hall–Kier alpha value is -3.00. The van der Waals surface area contributed by atoms with E-state index in [-0.39, 0.29) is 10.9 Å². The van der Waals surface area contributed by atoms with E-state index >= 15 is 0 Å². The second-order valence-electron chi connectivity index (χ2n) is 6.11. The van der Waals surface area contributed by atoms with Crippen LogP contribution >= 0.6 is 11.6 Å². The molecule has 0 atom stereocenters. The van der Waals surface area contributed by atoms with Crippen molar-refractivity contribution in [2.24, 2.45) is 0 Å². The molecule has 0 bridgehead atoms. The molecule has 1 fully saturated rings. The lowest BCUT2D eigenvalue weighted by atomic mass is 10.1. The maximum absolute atomic E-state index is 13.2. The van der Waals surface area contributed by atoms with E-state index in [9.17, 15) is 9.18 Å². The smallest absolute Gasteiger partial charge is 0.255 e. The van der Waals surface area contributed by atoms with Crippen LogP contribution in [0.15, 0.2) is 49.3 Å². The van der Waals surface area contributed by atoms with Crippen LogP contribution in [0.4, 0.5) is 10.2 Å². The Bertz CT molecular complexity index is 956. The van der Waals surface area contributed by atoms with Crippen LogP contribution in [0.25, 0.3) is 5.82 Å². The lowest BCUT2D eigenvalue weighted by Crippen LogP contribution is -2.49. The van der Waals surface area contributed by atoms with Gasteiger partial charge in [-0.1, -0.05) is 11.6 Å². The number of hydrogen-bond donors (Lipinski definition) is 0. The number of imidazole rings is 1. The highest BCUT2D eigenvalue weighted by atomic mass is 35.5. The summed E-state index contributed by atoms with van der Waals surface area (Å²) in [5.74, 6) is 0.870. The zero-order chi connectivity index (χ0) is 18.8. The molecule has 138 valence electrons. The molecule has 0 unspecified atom stereocenters. The van der Waals surface area contributed by atoms with Crippen molar-refractivity contribution in [3.63, 3.8) is 0 Å². The molecule has 1 amide bonds. The molecule has 3 aromatic rings. The average Bonchev–Trinajstić information content (AvgIpc) is 3.23. The molecule has 27 heavy (non-hydrogen) atoms. The van der Waals surface area contributed by atoms with Gasteiger partial charge in [-0.25, -0.2) is 19.3 Å². The zero-order valence-electron chi connectivity index (χ0n) is 14.3. The summed E-state index contributed by atoms with van der Waals surface area (Å²) < 4.78 is 15.0. The summed E-state index contributed by atoms with van der Waals surface area (Å²) in [6.45, 7) is 2.31. The minimum Gasteiger partial charge on any atom is -0.353 e. The van der Waals surface area contributed by atoms with E-state index < -0.39 is 5.82 Å². The molecule has 1 aliphatic rings. The topological polar surface area (TPSA) is 67.2 Å². The largest absolute Gasteiger partial charge is 0.353 e. The minimum absolute atomic E-state index is 0.128. The predicted molar refractivity (Wildman–Crippen MR) is 98.7 cm³/mol. The molecule has 1 saturated heterocycles.